The fourth-order valence-corrected chi connectivity index (χ4v) is 3.85. The highest BCUT2D eigenvalue weighted by Crippen LogP contribution is 2.58. The summed E-state index contributed by atoms with van der Waals surface area (Å²) in [5.74, 6) is 0. The van der Waals surface area contributed by atoms with Crippen LogP contribution in [0.3, 0.4) is 0 Å². The van der Waals surface area contributed by atoms with E-state index in [1.54, 1.807) is 0 Å². The van der Waals surface area contributed by atoms with Gasteiger partial charge in [-0.2, -0.15) is 0 Å². The van der Waals surface area contributed by atoms with Crippen molar-refractivity contribution in [3.8, 4) is 0 Å². The molecule has 0 amide bonds. The molecule has 1 aliphatic carbocycles. The van der Waals surface area contributed by atoms with Gasteiger partial charge in [-0.25, -0.2) is 0 Å². The molecule has 98 valence electrons. The smallest absolute Gasteiger partial charge is 0.0406 e. The quantitative estimate of drug-likeness (QED) is 0.625. The SMILES string of the molecule is Cc1cc(C2(c3ccc(Cl)cc3)CC2Br)ccc1N. The highest BCUT2D eigenvalue weighted by molar-refractivity contribution is 9.09. The average molecular weight is 337 g/mol. The maximum absolute atomic E-state index is 5.98. The number of nitrogen functional groups attached to an aromatic ring is 1. The van der Waals surface area contributed by atoms with Crippen LogP contribution in [0.15, 0.2) is 42.5 Å². The lowest BCUT2D eigenvalue weighted by Crippen LogP contribution is -2.12. The van der Waals surface area contributed by atoms with Gasteiger partial charge in [0.2, 0.25) is 0 Å². The van der Waals surface area contributed by atoms with Gasteiger partial charge in [-0.05, 0) is 48.2 Å². The highest BCUT2D eigenvalue weighted by atomic mass is 79.9. The third kappa shape index (κ3) is 2.07. The van der Waals surface area contributed by atoms with E-state index in [-0.39, 0.29) is 5.41 Å². The van der Waals surface area contributed by atoms with Gasteiger partial charge in [0, 0.05) is 21.0 Å². The van der Waals surface area contributed by atoms with E-state index in [2.05, 4.69) is 47.1 Å². The van der Waals surface area contributed by atoms with Crippen molar-refractivity contribution in [2.75, 3.05) is 5.73 Å². The molecule has 0 heterocycles. The predicted octanol–water partition coefficient (Wildman–Crippen LogP) is 4.68. The van der Waals surface area contributed by atoms with Crippen molar-refractivity contribution >= 4 is 33.2 Å². The van der Waals surface area contributed by atoms with Crippen LogP contribution in [0.2, 0.25) is 5.02 Å². The Hall–Kier alpha value is -0.990. The first kappa shape index (κ1) is 13.0. The Bertz CT molecular complexity index is 623. The molecule has 1 saturated carbocycles. The molecular formula is C16H15BrClN. The van der Waals surface area contributed by atoms with Gasteiger partial charge in [0.15, 0.2) is 0 Å². The summed E-state index contributed by atoms with van der Waals surface area (Å²) in [6.07, 6.45) is 1.11. The van der Waals surface area contributed by atoms with Crippen LogP contribution in [-0.4, -0.2) is 4.83 Å². The molecule has 2 aromatic carbocycles. The topological polar surface area (TPSA) is 26.0 Å². The van der Waals surface area contributed by atoms with Crippen molar-refractivity contribution < 1.29 is 0 Å². The Labute approximate surface area is 126 Å². The number of anilines is 1. The van der Waals surface area contributed by atoms with Gasteiger partial charge in [0.05, 0.1) is 0 Å². The lowest BCUT2D eigenvalue weighted by atomic mass is 9.87. The van der Waals surface area contributed by atoms with Gasteiger partial charge in [0.1, 0.15) is 0 Å². The van der Waals surface area contributed by atoms with Crippen LogP contribution < -0.4 is 5.73 Å². The Morgan fingerprint density at radius 1 is 1.16 bits per heavy atom. The second-order valence-electron chi connectivity index (χ2n) is 5.22. The van der Waals surface area contributed by atoms with Crippen molar-refractivity contribution in [2.24, 2.45) is 0 Å². The molecule has 0 bridgehead atoms. The Morgan fingerprint density at radius 3 is 2.26 bits per heavy atom. The molecule has 1 aliphatic rings. The predicted molar refractivity (Wildman–Crippen MR) is 85.2 cm³/mol. The summed E-state index contributed by atoms with van der Waals surface area (Å²) < 4.78 is 0. The zero-order valence-corrected chi connectivity index (χ0v) is 13.0. The summed E-state index contributed by atoms with van der Waals surface area (Å²) in [4.78, 5) is 0.476. The number of alkyl halides is 1. The van der Waals surface area contributed by atoms with E-state index in [0.29, 0.717) is 4.83 Å². The average Bonchev–Trinajstić information content (AvgIpc) is 3.06. The van der Waals surface area contributed by atoms with Crippen LogP contribution >= 0.6 is 27.5 Å². The number of aryl methyl sites for hydroxylation is 1. The van der Waals surface area contributed by atoms with Crippen molar-refractivity contribution in [3.63, 3.8) is 0 Å². The Kier molecular flexibility index (Phi) is 3.11. The van der Waals surface area contributed by atoms with Gasteiger partial charge in [-0.3, -0.25) is 0 Å². The van der Waals surface area contributed by atoms with E-state index in [4.69, 9.17) is 17.3 Å². The number of halogens is 2. The summed E-state index contributed by atoms with van der Waals surface area (Å²) in [6, 6.07) is 14.5. The van der Waals surface area contributed by atoms with Crippen LogP contribution in [0, 0.1) is 6.92 Å². The maximum atomic E-state index is 5.98. The van der Waals surface area contributed by atoms with E-state index in [9.17, 15) is 0 Å². The van der Waals surface area contributed by atoms with Crippen LogP contribution in [0.5, 0.6) is 0 Å². The second kappa shape index (κ2) is 4.53. The molecule has 1 nitrogen and oxygen atoms in total. The number of nitrogens with two attached hydrogens (primary N) is 1. The Morgan fingerprint density at radius 2 is 1.74 bits per heavy atom. The first-order valence-corrected chi connectivity index (χ1v) is 7.60. The zero-order chi connectivity index (χ0) is 13.6. The molecule has 0 radical (unpaired) electrons. The zero-order valence-electron chi connectivity index (χ0n) is 10.7. The molecule has 2 aromatic rings. The summed E-state index contributed by atoms with van der Waals surface area (Å²) >= 11 is 9.76. The van der Waals surface area contributed by atoms with Crippen LogP contribution in [-0.2, 0) is 5.41 Å². The molecule has 2 unspecified atom stereocenters. The van der Waals surface area contributed by atoms with E-state index >= 15 is 0 Å². The molecule has 3 heteroatoms. The first-order chi connectivity index (χ1) is 9.04. The largest absolute Gasteiger partial charge is 0.399 e. The summed E-state index contributed by atoms with van der Waals surface area (Å²) in [5, 5.41) is 0.777. The van der Waals surface area contributed by atoms with Gasteiger partial charge in [-0.15, -0.1) is 0 Å². The fraction of sp³-hybridized carbons (Fsp3) is 0.250. The van der Waals surface area contributed by atoms with Crippen molar-refractivity contribution in [1.82, 2.24) is 0 Å². The number of benzene rings is 2. The standard InChI is InChI=1S/C16H15BrClN/c1-10-8-12(4-7-14(10)19)16(9-15(16)17)11-2-5-13(18)6-3-11/h2-8,15H,9,19H2,1H3. The molecule has 0 spiro atoms. The number of hydrogen-bond donors (Lipinski definition) is 1. The van der Waals surface area contributed by atoms with Crippen molar-refractivity contribution in [2.45, 2.75) is 23.6 Å². The lowest BCUT2D eigenvalue weighted by molar-refractivity contribution is 0.853. The monoisotopic (exact) mass is 335 g/mol. The van der Waals surface area contributed by atoms with Gasteiger partial charge in [0.25, 0.3) is 0 Å². The number of hydrogen-bond acceptors (Lipinski definition) is 1. The molecule has 0 aromatic heterocycles. The number of rotatable bonds is 2. The van der Waals surface area contributed by atoms with Crippen molar-refractivity contribution in [3.05, 3.63) is 64.2 Å². The third-order valence-corrected chi connectivity index (χ3v) is 5.38. The van der Waals surface area contributed by atoms with E-state index in [1.807, 2.05) is 18.2 Å². The molecule has 19 heavy (non-hydrogen) atoms. The molecular weight excluding hydrogens is 322 g/mol. The molecule has 0 aliphatic heterocycles. The molecule has 2 N–H and O–H groups in total. The maximum Gasteiger partial charge on any atom is 0.0406 e. The second-order valence-corrected chi connectivity index (χ2v) is 6.76. The Balaban J connectivity index is 2.09. The fourth-order valence-electron chi connectivity index (χ4n) is 2.69. The summed E-state index contributed by atoms with van der Waals surface area (Å²) in [6.45, 7) is 2.06. The van der Waals surface area contributed by atoms with E-state index in [0.717, 1.165) is 22.7 Å². The van der Waals surface area contributed by atoms with E-state index in [1.165, 1.54) is 11.1 Å². The van der Waals surface area contributed by atoms with Gasteiger partial charge in [-0.1, -0.05) is 51.8 Å². The minimum absolute atomic E-state index is 0.0725. The minimum Gasteiger partial charge on any atom is -0.399 e. The summed E-state index contributed by atoms with van der Waals surface area (Å²) in [5.41, 5.74) is 10.6. The third-order valence-electron chi connectivity index (χ3n) is 4.02. The summed E-state index contributed by atoms with van der Waals surface area (Å²) in [7, 11) is 0. The van der Waals surface area contributed by atoms with E-state index < -0.39 is 0 Å². The highest BCUT2D eigenvalue weighted by Gasteiger charge is 2.55. The van der Waals surface area contributed by atoms with Crippen LogP contribution in [0.4, 0.5) is 5.69 Å². The van der Waals surface area contributed by atoms with Gasteiger partial charge < -0.3 is 5.73 Å². The van der Waals surface area contributed by atoms with Crippen LogP contribution in [0.1, 0.15) is 23.1 Å². The van der Waals surface area contributed by atoms with Gasteiger partial charge >= 0.3 is 0 Å². The normalized spacial score (nSPS) is 25.3. The lowest BCUT2D eigenvalue weighted by Gasteiger charge is -2.19. The molecule has 3 rings (SSSR count). The minimum atomic E-state index is 0.0725. The molecule has 0 saturated heterocycles. The first-order valence-electron chi connectivity index (χ1n) is 6.31. The van der Waals surface area contributed by atoms with Crippen molar-refractivity contribution in [1.29, 1.82) is 0 Å². The molecule has 1 fully saturated rings. The molecule has 2 atom stereocenters. The van der Waals surface area contributed by atoms with Crippen LogP contribution in [0.25, 0.3) is 0 Å².